The van der Waals surface area contributed by atoms with Crippen LogP contribution in [0.15, 0.2) is 23.0 Å². The summed E-state index contributed by atoms with van der Waals surface area (Å²) < 4.78 is 5.76. The van der Waals surface area contributed by atoms with Crippen LogP contribution < -0.4 is 4.90 Å². The summed E-state index contributed by atoms with van der Waals surface area (Å²) in [4.78, 5) is 14.2. The topological polar surface area (TPSA) is 55.1 Å². The van der Waals surface area contributed by atoms with Gasteiger partial charge in [0.25, 0.3) is 0 Å². The molecule has 0 N–H and O–H groups in total. The number of aromatic nitrogens is 3. The highest BCUT2D eigenvalue weighted by molar-refractivity contribution is 6.28. The Bertz CT molecular complexity index is 623. The summed E-state index contributed by atoms with van der Waals surface area (Å²) in [6, 6.07) is 0. The van der Waals surface area contributed by atoms with Crippen LogP contribution in [0.2, 0.25) is 5.28 Å². The number of oxazole rings is 1. The van der Waals surface area contributed by atoms with Gasteiger partial charge in [0.1, 0.15) is 0 Å². The Kier molecular flexibility index (Phi) is 3.57. The van der Waals surface area contributed by atoms with Crippen molar-refractivity contribution in [2.24, 2.45) is 5.92 Å². The maximum atomic E-state index is 5.76. The van der Waals surface area contributed by atoms with Gasteiger partial charge in [-0.2, -0.15) is 0 Å². The molecule has 0 saturated carbocycles. The van der Waals surface area contributed by atoms with Crippen LogP contribution in [0, 0.1) is 18.3 Å². The van der Waals surface area contributed by atoms with Crippen LogP contribution in [0.3, 0.4) is 0 Å². The number of hydrogen-bond acceptors (Lipinski definition) is 5. The van der Waals surface area contributed by atoms with E-state index in [4.69, 9.17) is 22.4 Å². The molecule has 0 amide bonds. The molecular weight excluding hydrogens is 276 g/mol. The molecule has 3 heterocycles. The summed E-state index contributed by atoms with van der Waals surface area (Å²) in [5.41, 5.74) is 0.708. The lowest BCUT2D eigenvalue weighted by atomic mass is 9.98. The molecule has 1 aliphatic rings. The van der Waals surface area contributed by atoms with E-state index >= 15 is 0 Å². The van der Waals surface area contributed by atoms with Gasteiger partial charge in [0.2, 0.25) is 17.1 Å². The minimum Gasteiger partial charge on any atom is -0.420 e. The summed E-state index contributed by atoms with van der Waals surface area (Å²) >= 11 is 5.66. The van der Waals surface area contributed by atoms with Crippen LogP contribution in [-0.4, -0.2) is 28.0 Å². The minimum absolute atomic E-state index is 0.205. The Morgan fingerprint density at radius 3 is 2.55 bits per heavy atom. The second-order valence-corrected chi connectivity index (χ2v) is 5.01. The van der Waals surface area contributed by atoms with E-state index in [0.717, 1.165) is 31.8 Å². The Morgan fingerprint density at radius 2 is 1.90 bits per heavy atom. The van der Waals surface area contributed by atoms with Crippen molar-refractivity contribution in [2.75, 3.05) is 18.0 Å². The van der Waals surface area contributed by atoms with Gasteiger partial charge in [-0.25, -0.2) is 15.0 Å². The van der Waals surface area contributed by atoms with Crippen molar-refractivity contribution >= 4 is 17.5 Å². The molecule has 1 aliphatic heterocycles. The molecule has 0 radical (unpaired) electrons. The Morgan fingerprint density at radius 1 is 1.20 bits per heavy atom. The zero-order valence-corrected chi connectivity index (χ0v) is 11.5. The zero-order chi connectivity index (χ0) is 13.9. The lowest BCUT2D eigenvalue weighted by Crippen LogP contribution is -2.32. The predicted octanol–water partition coefficient (Wildman–Crippen LogP) is 2.63. The summed E-state index contributed by atoms with van der Waals surface area (Å²) in [5.74, 6) is 4.43. The number of rotatable bonds is 2. The first-order chi connectivity index (χ1) is 9.76. The SMILES string of the molecule is C#CC1CCN(c2cnc(-c3cnc(Cl)nc3)o2)CC1. The molecule has 102 valence electrons. The Labute approximate surface area is 122 Å². The van der Waals surface area contributed by atoms with E-state index < -0.39 is 0 Å². The van der Waals surface area contributed by atoms with Gasteiger partial charge in [-0.1, -0.05) is 0 Å². The largest absolute Gasteiger partial charge is 0.420 e. The maximum Gasteiger partial charge on any atom is 0.231 e. The summed E-state index contributed by atoms with van der Waals surface area (Å²) in [7, 11) is 0. The minimum atomic E-state index is 0.205. The number of anilines is 1. The third kappa shape index (κ3) is 2.61. The predicted molar refractivity (Wildman–Crippen MR) is 76.3 cm³/mol. The first-order valence-electron chi connectivity index (χ1n) is 6.41. The molecule has 0 spiro atoms. The Hall–Kier alpha value is -2.06. The van der Waals surface area contributed by atoms with Crippen LogP contribution in [0.1, 0.15) is 12.8 Å². The van der Waals surface area contributed by atoms with Gasteiger partial charge in [0.05, 0.1) is 11.8 Å². The van der Waals surface area contributed by atoms with Crippen LogP contribution in [0.4, 0.5) is 5.88 Å². The number of terminal acetylenes is 1. The van der Waals surface area contributed by atoms with E-state index in [9.17, 15) is 0 Å². The molecule has 3 rings (SSSR count). The standard InChI is InChI=1S/C14H13ClN4O/c1-2-10-3-5-19(6-4-10)12-9-16-13(20-12)11-7-17-14(15)18-8-11/h1,7-10H,3-6H2. The van der Waals surface area contributed by atoms with Gasteiger partial charge in [0.15, 0.2) is 0 Å². The molecule has 5 nitrogen and oxygen atoms in total. The van der Waals surface area contributed by atoms with Gasteiger partial charge < -0.3 is 9.32 Å². The van der Waals surface area contributed by atoms with Crippen molar-refractivity contribution < 1.29 is 4.42 Å². The fraction of sp³-hybridized carbons (Fsp3) is 0.357. The van der Waals surface area contributed by atoms with Crippen LogP contribution in [0.25, 0.3) is 11.5 Å². The molecule has 20 heavy (non-hydrogen) atoms. The third-order valence-corrected chi connectivity index (χ3v) is 3.60. The number of halogens is 1. The van der Waals surface area contributed by atoms with Gasteiger partial charge in [-0.3, -0.25) is 0 Å². The molecule has 2 aromatic heterocycles. The van der Waals surface area contributed by atoms with E-state index in [1.165, 1.54) is 0 Å². The van der Waals surface area contributed by atoms with Crippen molar-refractivity contribution in [1.29, 1.82) is 0 Å². The highest BCUT2D eigenvalue weighted by Gasteiger charge is 2.20. The van der Waals surface area contributed by atoms with E-state index in [-0.39, 0.29) is 5.28 Å². The molecule has 1 fully saturated rings. The van der Waals surface area contributed by atoms with Gasteiger partial charge >= 0.3 is 0 Å². The molecule has 0 atom stereocenters. The molecular formula is C14H13ClN4O. The van der Waals surface area contributed by atoms with Crippen molar-refractivity contribution in [3.63, 3.8) is 0 Å². The second-order valence-electron chi connectivity index (χ2n) is 4.67. The van der Waals surface area contributed by atoms with E-state index in [1.54, 1.807) is 18.6 Å². The fourth-order valence-electron chi connectivity index (χ4n) is 2.23. The first kappa shape index (κ1) is 12.9. The van der Waals surface area contributed by atoms with Crippen molar-refractivity contribution in [1.82, 2.24) is 15.0 Å². The average molecular weight is 289 g/mol. The second kappa shape index (κ2) is 5.51. The van der Waals surface area contributed by atoms with Crippen molar-refractivity contribution in [3.8, 4) is 23.8 Å². The smallest absolute Gasteiger partial charge is 0.231 e. The van der Waals surface area contributed by atoms with Crippen molar-refractivity contribution in [3.05, 3.63) is 23.9 Å². The summed E-state index contributed by atoms with van der Waals surface area (Å²) in [5, 5.41) is 0.205. The summed E-state index contributed by atoms with van der Waals surface area (Å²) in [6.45, 7) is 1.78. The highest BCUT2D eigenvalue weighted by Crippen LogP contribution is 2.27. The van der Waals surface area contributed by atoms with Crippen molar-refractivity contribution in [2.45, 2.75) is 12.8 Å². The van der Waals surface area contributed by atoms with Crippen LogP contribution in [0.5, 0.6) is 0 Å². The molecule has 0 bridgehead atoms. The zero-order valence-electron chi connectivity index (χ0n) is 10.8. The number of piperidine rings is 1. The molecule has 6 heteroatoms. The fourth-order valence-corrected chi connectivity index (χ4v) is 2.33. The monoisotopic (exact) mass is 288 g/mol. The van der Waals surface area contributed by atoms with E-state index in [0.29, 0.717) is 17.4 Å². The lowest BCUT2D eigenvalue weighted by Gasteiger charge is -2.28. The highest BCUT2D eigenvalue weighted by atomic mass is 35.5. The normalized spacial score (nSPS) is 16.1. The third-order valence-electron chi connectivity index (χ3n) is 3.40. The summed E-state index contributed by atoms with van der Waals surface area (Å²) in [6.07, 6.45) is 12.3. The molecule has 1 saturated heterocycles. The number of nitrogens with zero attached hydrogens (tertiary/aromatic N) is 4. The first-order valence-corrected chi connectivity index (χ1v) is 6.79. The van der Waals surface area contributed by atoms with Gasteiger partial charge in [0, 0.05) is 31.4 Å². The quantitative estimate of drug-likeness (QED) is 0.628. The van der Waals surface area contributed by atoms with Gasteiger partial charge in [-0.15, -0.1) is 12.3 Å². The van der Waals surface area contributed by atoms with Crippen LogP contribution in [-0.2, 0) is 0 Å². The number of hydrogen-bond donors (Lipinski definition) is 0. The lowest BCUT2D eigenvalue weighted by molar-refractivity contribution is 0.458. The molecule has 0 aromatic carbocycles. The molecule has 0 unspecified atom stereocenters. The Balaban J connectivity index is 1.74. The molecule has 2 aromatic rings. The van der Waals surface area contributed by atoms with Gasteiger partial charge in [-0.05, 0) is 24.4 Å². The maximum absolute atomic E-state index is 5.76. The van der Waals surface area contributed by atoms with E-state index in [2.05, 4.69) is 25.8 Å². The van der Waals surface area contributed by atoms with E-state index in [1.807, 2.05) is 0 Å². The van der Waals surface area contributed by atoms with Crippen LogP contribution >= 0.6 is 11.6 Å². The average Bonchev–Trinajstić information content (AvgIpc) is 2.98. The molecule has 0 aliphatic carbocycles.